The lowest BCUT2D eigenvalue weighted by Gasteiger charge is -2.48. The summed E-state index contributed by atoms with van der Waals surface area (Å²) in [6.07, 6.45) is 5.62. The van der Waals surface area contributed by atoms with Crippen LogP contribution in [0.4, 0.5) is 0 Å². The highest BCUT2D eigenvalue weighted by atomic mass is 16.6. The van der Waals surface area contributed by atoms with Crippen molar-refractivity contribution in [2.45, 2.75) is 49.8 Å². The predicted octanol–water partition coefficient (Wildman–Crippen LogP) is 2.61. The van der Waals surface area contributed by atoms with Gasteiger partial charge in [0.2, 0.25) is 0 Å². The Morgan fingerprint density at radius 2 is 1.79 bits per heavy atom. The number of piperidine rings is 2. The number of hydrogen-bond donors (Lipinski definition) is 0. The van der Waals surface area contributed by atoms with Gasteiger partial charge in [0.05, 0.1) is 12.2 Å². The number of hydrogen-bond acceptors (Lipinski definition) is 2. The van der Waals surface area contributed by atoms with Gasteiger partial charge in [-0.2, -0.15) is 0 Å². The highest BCUT2D eigenvalue weighted by Crippen LogP contribution is 2.47. The molecule has 1 amide bonds. The van der Waals surface area contributed by atoms with Gasteiger partial charge in [0.1, 0.15) is 0 Å². The normalized spacial score (nSPS) is 36.3. The van der Waals surface area contributed by atoms with Crippen molar-refractivity contribution >= 4 is 5.91 Å². The molecule has 1 spiro atoms. The van der Waals surface area contributed by atoms with Crippen molar-refractivity contribution in [2.75, 3.05) is 6.61 Å². The molecule has 0 radical (unpaired) electrons. The van der Waals surface area contributed by atoms with Crippen LogP contribution >= 0.6 is 0 Å². The monoisotopic (exact) mass is 257 g/mol. The third kappa shape index (κ3) is 1.88. The van der Waals surface area contributed by atoms with Crippen molar-refractivity contribution in [1.82, 2.24) is 4.90 Å². The quantitative estimate of drug-likeness (QED) is 0.724. The molecule has 3 heteroatoms. The van der Waals surface area contributed by atoms with E-state index >= 15 is 0 Å². The van der Waals surface area contributed by atoms with Crippen molar-refractivity contribution in [2.24, 2.45) is 0 Å². The van der Waals surface area contributed by atoms with E-state index in [0.29, 0.717) is 12.1 Å². The van der Waals surface area contributed by atoms with E-state index in [2.05, 4.69) is 4.90 Å². The maximum Gasteiger partial charge on any atom is 0.254 e. The van der Waals surface area contributed by atoms with Gasteiger partial charge in [-0.25, -0.2) is 0 Å². The Bertz CT molecular complexity index is 479. The first-order valence-corrected chi connectivity index (χ1v) is 7.29. The molecule has 3 heterocycles. The van der Waals surface area contributed by atoms with E-state index in [1.54, 1.807) is 0 Å². The third-order valence-electron chi connectivity index (χ3n) is 4.88. The molecule has 0 N–H and O–H groups in total. The van der Waals surface area contributed by atoms with Crippen molar-refractivity contribution in [3.8, 4) is 0 Å². The van der Waals surface area contributed by atoms with Gasteiger partial charge in [-0.05, 0) is 44.2 Å². The van der Waals surface area contributed by atoms with Gasteiger partial charge in [0, 0.05) is 17.6 Å². The molecule has 0 saturated carbocycles. The molecule has 1 aromatic rings. The largest absolute Gasteiger partial charge is 0.369 e. The molecule has 1 aromatic carbocycles. The fourth-order valence-corrected chi connectivity index (χ4v) is 3.91. The molecular weight excluding hydrogens is 238 g/mol. The summed E-state index contributed by atoms with van der Waals surface area (Å²) >= 11 is 0. The maximum absolute atomic E-state index is 12.7. The van der Waals surface area contributed by atoms with E-state index in [1.165, 1.54) is 6.42 Å². The van der Waals surface area contributed by atoms with E-state index in [-0.39, 0.29) is 11.5 Å². The molecule has 0 aromatic heterocycles. The maximum atomic E-state index is 12.7. The van der Waals surface area contributed by atoms with Gasteiger partial charge in [0.15, 0.2) is 0 Å². The molecule has 2 bridgehead atoms. The fourth-order valence-electron chi connectivity index (χ4n) is 3.91. The zero-order valence-corrected chi connectivity index (χ0v) is 11.0. The summed E-state index contributed by atoms with van der Waals surface area (Å²) in [5, 5.41) is 0. The van der Waals surface area contributed by atoms with Crippen molar-refractivity contribution in [1.29, 1.82) is 0 Å². The number of ether oxygens (including phenoxy) is 1. The Hall–Kier alpha value is -1.35. The molecule has 3 atom stereocenters. The summed E-state index contributed by atoms with van der Waals surface area (Å²) in [5.41, 5.74) is 0.968. The van der Waals surface area contributed by atoms with Crippen molar-refractivity contribution in [3.05, 3.63) is 35.9 Å². The first-order valence-electron chi connectivity index (χ1n) is 7.29. The topological polar surface area (TPSA) is 32.8 Å². The predicted molar refractivity (Wildman–Crippen MR) is 72.0 cm³/mol. The van der Waals surface area contributed by atoms with Crippen LogP contribution in [0.15, 0.2) is 30.3 Å². The summed E-state index contributed by atoms with van der Waals surface area (Å²) in [7, 11) is 0. The molecule has 3 aliphatic heterocycles. The Morgan fingerprint density at radius 1 is 1.16 bits per heavy atom. The smallest absolute Gasteiger partial charge is 0.254 e. The molecule has 100 valence electrons. The van der Waals surface area contributed by atoms with E-state index in [9.17, 15) is 4.79 Å². The number of epoxide rings is 1. The highest BCUT2D eigenvalue weighted by molar-refractivity contribution is 5.94. The van der Waals surface area contributed by atoms with Crippen LogP contribution in [-0.2, 0) is 4.74 Å². The van der Waals surface area contributed by atoms with Gasteiger partial charge in [-0.3, -0.25) is 4.79 Å². The molecule has 4 rings (SSSR count). The zero-order valence-electron chi connectivity index (χ0n) is 11.0. The minimum atomic E-state index is 0.142. The lowest BCUT2D eigenvalue weighted by atomic mass is 9.78. The van der Waals surface area contributed by atoms with Crippen LogP contribution < -0.4 is 0 Å². The van der Waals surface area contributed by atoms with Gasteiger partial charge < -0.3 is 9.64 Å². The average molecular weight is 257 g/mol. The summed E-state index contributed by atoms with van der Waals surface area (Å²) in [6, 6.07) is 10.5. The lowest BCUT2D eigenvalue weighted by molar-refractivity contribution is 0.00618. The number of rotatable bonds is 1. The molecule has 1 unspecified atom stereocenters. The van der Waals surface area contributed by atoms with Crippen LogP contribution in [-0.4, -0.2) is 35.1 Å². The summed E-state index contributed by atoms with van der Waals surface area (Å²) in [6.45, 7) is 0.910. The Kier molecular flexibility index (Phi) is 2.46. The number of fused-ring (bicyclic) bond motifs is 2. The molecule has 3 aliphatic rings. The van der Waals surface area contributed by atoms with Crippen molar-refractivity contribution in [3.63, 3.8) is 0 Å². The second-order valence-electron chi connectivity index (χ2n) is 6.20. The molecule has 3 fully saturated rings. The Morgan fingerprint density at radius 3 is 2.37 bits per heavy atom. The van der Waals surface area contributed by atoms with E-state index in [4.69, 9.17) is 4.74 Å². The third-order valence-corrected chi connectivity index (χ3v) is 4.88. The van der Waals surface area contributed by atoms with E-state index in [0.717, 1.165) is 37.9 Å². The first kappa shape index (κ1) is 11.5. The van der Waals surface area contributed by atoms with Gasteiger partial charge in [-0.15, -0.1) is 0 Å². The zero-order chi connectivity index (χ0) is 12.9. The van der Waals surface area contributed by atoms with Crippen molar-refractivity contribution < 1.29 is 9.53 Å². The minimum absolute atomic E-state index is 0.142. The fraction of sp³-hybridized carbons (Fsp3) is 0.562. The first-order chi connectivity index (χ1) is 9.27. The number of nitrogens with zero attached hydrogens (tertiary/aromatic N) is 1. The Balaban J connectivity index is 1.62. The molecular formula is C16H19NO2. The molecule has 19 heavy (non-hydrogen) atoms. The SMILES string of the molecule is O=C(c1ccccc1)N1[C@@H]2CCC[C@H]1CC1(CO1)C2. The second-order valence-corrected chi connectivity index (χ2v) is 6.20. The highest BCUT2D eigenvalue weighted by Gasteiger charge is 2.55. The van der Waals surface area contributed by atoms with Crippen LogP contribution in [0.3, 0.4) is 0 Å². The van der Waals surface area contributed by atoms with Crippen LogP contribution in [0.1, 0.15) is 42.5 Å². The number of amides is 1. The van der Waals surface area contributed by atoms with E-state index < -0.39 is 0 Å². The average Bonchev–Trinajstić information content (AvgIpc) is 3.17. The summed E-state index contributed by atoms with van der Waals surface area (Å²) in [4.78, 5) is 14.9. The van der Waals surface area contributed by atoms with Crippen LogP contribution in [0.5, 0.6) is 0 Å². The minimum Gasteiger partial charge on any atom is -0.369 e. The molecule has 0 aliphatic carbocycles. The number of benzene rings is 1. The second kappa shape index (κ2) is 4.07. The van der Waals surface area contributed by atoms with Gasteiger partial charge in [0.25, 0.3) is 5.91 Å². The standard InChI is InChI=1S/C16H19NO2/c18-15(12-5-2-1-3-6-12)17-13-7-4-8-14(17)10-16(9-13)11-19-16/h1-3,5-6,13-14H,4,7-11H2/t13-,14+,16?. The Labute approximate surface area is 113 Å². The van der Waals surface area contributed by atoms with Gasteiger partial charge in [-0.1, -0.05) is 18.2 Å². The summed E-state index contributed by atoms with van der Waals surface area (Å²) in [5.74, 6) is 0.214. The lowest BCUT2D eigenvalue weighted by Crippen LogP contribution is -2.56. The summed E-state index contributed by atoms with van der Waals surface area (Å²) < 4.78 is 5.67. The van der Waals surface area contributed by atoms with Gasteiger partial charge >= 0.3 is 0 Å². The van der Waals surface area contributed by atoms with Crippen LogP contribution in [0, 0.1) is 0 Å². The molecule has 3 saturated heterocycles. The molecule has 3 nitrogen and oxygen atoms in total. The number of carbonyl (C=O) groups is 1. The van der Waals surface area contributed by atoms with Crippen LogP contribution in [0.25, 0.3) is 0 Å². The number of carbonyl (C=O) groups excluding carboxylic acids is 1. The van der Waals surface area contributed by atoms with Crippen LogP contribution in [0.2, 0.25) is 0 Å². The van der Waals surface area contributed by atoms with E-state index in [1.807, 2.05) is 30.3 Å².